The summed E-state index contributed by atoms with van der Waals surface area (Å²) in [5.41, 5.74) is 1.21. The van der Waals surface area contributed by atoms with Gasteiger partial charge in [0, 0.05) is 17.8 Å². The second-order valence-electron chi connectivity index (χ2n) is 4.72. The summed E-state index contributed by atoms with van der Waals surface area (Å²) in [7, 11) is 1.35. The minimum atomic E-state index is -0.366. The van der Waals surface area contributed by atoms with E-state index in [1.54, 1.807) is 4.90 Å². The second-order valence-corrected chi connectivity index (χ2v) is 8.09. The van der Waals surface area contributed by atoms with Gasteiger partial charge >= 0.3 is 6.09 Å². The molecule has 2 aromatic rings. The third-order valence-electron chi connectivity index (χ3n) is 3.29. The van der Waals surface area contributed by atoms with Gasteiger partial charge < -0.3 is 9.64 Å². The van der Waals surface area contributed by atoms with Crippen molar-refractivity contribution < 1.29 is 14.3 Å². The number of anilines is 1. The van der Waals surface area contributed by atoms with Crippen molar-refractivity contribution in [2.75, 3.05) is 19.0 Å². The van der Waals surface area contributed by atoms with Gasteiger partial charge in [0.2, 0.25) is 0 Å². The number of halogens is 2. The van der Waals surface area contributed by atoms with Crippen LogP contribution in [0.4, 0.5) is 9.93 Å². The first-order valence-corrected chi connectivity index (χ1v) is 8.94. The maximum absolute atomic E-state index is 12.2. The molecule has 122 valence electrons. The molecule has 10 heteroatoms. The van der Waals surface area contributed by atoms with Gasteiger partial charge in [-0.15, -0.1) is 11.3 Å². The van der Waals surface area contributed by atoms with Crippen molar-refractivity contribution in [2.24, 2.45) is 0 Å². The summed E-state index contributed by atoms with van der Waals surface area (Å²) in [5, 5.41) is 3.20. The van der Waals surface area contributed by atoms with E-state index in [2.05, 4.69) is 10.3 Å². The Hall–Kier alpha value is -1.35. The smallest absolute Gasteiger partial charge is 0.409 e. The maximum Gasteiger partial charge on any atom is 0.409 e. The lowest BCUT2D eigenvalue weighted by atomic mass is 10.2. The Labute approximate surface area is 150 Å². The van der Waals surface area contributed by atoms with E-state index in [9.17, 15) is 9.59 Å². The number of rotatable bonds is 2. The molecule has 0 saturated carbocycles. The molecule has 0 aromatic carbocycles. The first-order chi connectivity index (χ1) is 11.0. The van der Waals surface area contributed by atoms with Gasteiger partial charge in [-0.2, -0.15) is 0 Å². The van der Waals surface area contributed by atoms with Crippen molar-refractivity contribution in [3.8, 4) is 0 Å². The van der Waals surface area contributed by atoms with Gasteiger partial charge in [-0.1, -0.05) is 34.5 Å². The van der Waals surface area contributed by atoms with Crippen molar-refractivity contribution in [3.05, 3.63) is 30.9 Å². The van der Waals surface area contributed by atoms with Crippen LogP contribution >= 0.6 is 45.9 Å². The molecule has 0 bridgehead atoms. The standard InChI is InChI=1S/C13H11Cl2N3O3S2/c1-21-13(20)18-3-2-7-8(5-18)22-12(16-7)17-11(19)6-4-9(14)23-10(6)15/h4H,2-3,5H2,1H3,(H,16,17,19). The molecule has 3 heterocycles. The van der Waals surface area contributed by atoms with Crippen LogP contribution in [-0.2, 0) is 17.7 Å². The van der Waals surface area contributed by atoms with Gasteiger partial charge in [0.25, 0.3) is 5.91 Å². The molecule has 0 atom stereocenters. The molecule has 0 spiro atoms. The van der Waals surface area contributed by atoms with E-state index in [0.717, 1.165) is 21.9 Å². The van der Waals surface area contributed by atoms with E-state index in [1.807, 2.05) is 0 Å². The van der Waals surface area contributed by atoms with Crippen molar-refractivity contribution >= 4 is 63.0 Å². The van der Waals surface area contributed by atoms with Gasteiger partial charge in [0.15, 0.2) is 5.13 Å². The molecule has 23 heavy (non-hydrogen) atoms. The Kier molecular flexibility index (Phi) is 4.77. The highest BCUT2D eigenvalue weighted by Gasteiger charge is 2.25. The Morgan fingerprint density at radius 2 is 2.17 bits per heavy atom. The number of methoxy groups -OCH3 is 1. The van der Waals surface area contributed by atoms with E-state index in [1.165, 1.54) is 24.5 Å². The molecular weight excluding hydrogens is 381 g/mol. The van der Waals surface area contributed by atoms with E-state index < -0.39 is 0 Å². The molecule has 0 unspecified atom stereocenters. The summed E-state index contributed by atoms with van der Waals surface area (Å²) in [4.78, 5) is 30.7. The van der Waals surface area contributed by atoms with Crippen LogP contribution in [-0.4, -0.2) is 35.5 Å². The van der Waals surface area contributed by atoms with Crippen LogP contribution < -0.4 is 5.32 Å². The number of carbonyl (C=O) groups excluding carboxylic acids is 2. The number of hydrogen-bond donors (Lipinski definition) is 1. The first kappa shape index (κ1) is 16.5. The number of amides is 2. The highest BCUT2D eigenvalue weighted by molar-refractivity contribution is 7.20. The zero-order chi connectivity index (χ0) is 16.6. The monoisotopic (exact) mass is 391 g/mol. The predicted octanol–water partition coefficient (Wildman–Crippen LogP) is 3.89. The molecule has 2 aromatic heterocycles. The largest absolute Gasteiger partial charge is 0.453 e. The van der Waals surface area contributed by atoms with Gasteiger partial charge in [-0.25, -0.2) is 9.78 Å². The number of aromatic nitrogens is 1. The predicted molar refractivity (Wildman–Crippen MR) is 90.9 cm³/mol. The number of nitrogens with one attached hydrogen (secondary N) is 1. The quantitative estimate of drug-likeness (QED) is 0.842. The lowest BCUT2D eigenvalue weighted by Gasteiger charge is -2.24. The van der Waals surface area contributed by atoms with Crippen LogP contribution in [0.3, 0.4) is 0 Å². The summed E-state index contributed by atoms with van der Waals surface area (Å²) >= 11 is 14.3. The zero-order valence-corrected chi connectivity index (χ0v) is 15.0. The fourth-order valence-corrected chi connectivity index (χ4v) is 4.67. The summed E-state index contributed by atoms with van der Waals surface area (Å²) in [6.45, 7) is 0.976. The minimum Gasteiger partial charge on any atom is -0.453 e. The molecule has 2 amide bonds. The Balaban J connectivity index is 1.74. The molecular formula is C13H11Cl2N3O3S2. The van der Waals surface area contributed by atoms with E-state index >= 15 is 0 Å². The average Bonchev–Trinajstić information content (AvgIpc) is 3.07. The Morgan fingerprint density at radius 1 is 1.39 bits per heavy atom. The van der Waals surface area contributed by atoms with Gasteiger partial charge in [0.1, 0.15) is 4.34 Å². The fraction of sp³-hybridized carbons (Fsp3) is 0.308. The summed E-state index contributed by atoms with van der Waals surface area (Å²) in [6, 6.07) is 1.52. The second kappa shape index (κ2) is 6.64. The third kappa shape index (κ3) is 3.45. The highest BCUT2D eigenvalue weighted by atomic mass is 35.5. The first-order valence-electron chi connectivity index (χ1n) is 6.55. The topological polar surface area (TPSA) is 71.5 Å². The Morgan fingerprint density at radius 3 is 2.83 bits per heavy atom. The van der Waals surface area contributed by atoms with E-state index in [-0.39, 0.29) is 12.0 Å². The van der Waals surface area contributed by atoms with Crippen LogP contribution in [0.1, 0.15) is 20.9 Å². The summed E-state index contributed by atoms with van der Waals surface area (Å²) in [6.07, 6.45) is 0.260. The molecule has 1 N–H and O–H groups in total. The minimum absolute atomic E-state index is 0.325. The number of fused-ring (bicyclic) bond motifs is 1. The number of thiazole rings is 1. The summed E-state index contributed by atoms with van der Waals surface area (Å²) in [5.74, 6) is -0.353. The van der Waals surface area contributed by atoms with Crippen molar-refractivity contribution in [1.82, 2.24) is 9.88 Å². The summed E-state index contributed by atoms with van der Waals surface area (Å²) < 4.78 is 5.51. The van der Waals surface area contributed by atoms with Gasteiger partial charge in [-0.05, 0) is 6.07 Å². The number of thiophene rings is 1. The number of carbonyl (C=O) groups is 2. The lowest BCUT2D eigenvalue weighted by molar-refractivity contribution is 0.102. The molecule has 1 aliphatic rings. The van der Waals surface area contributed by atoms with Crippen LogP contribution in [0, 0.1) is 0 Å². The van der Waals surface area contributed by atoms with Gasteiger partial charge in [-0.3, -0.25) is 10.1 Å². The number of nitrogens with zero attached hydrogens (tertiary/aromatic N) is 2. The molecule has 0 fully saturated rings. The Bertz CT molecular complexity index is 775. The average molecular weight is 392 g/mol. The van der Waals surface area contributed by atoms with Crippen molar-refractivity contribution in [2.45, 2.75) is 13.0 Å². The lowest BCUT2D eigenvalue weighted by Crippen LogP contribution is -2.35. The molecule has 1 aliphatic heterocycles. The number of hydrogen-bond acceptors (Lipinski definition) is 6. The normalized spacial score (nSPS) is 13.6. The van der Waals surface area contributed by atoms with Crippen molar-refractivity contribution in [3.63, 3.8) is 0 Å². The SMILES string of the molecule is COC(=O)N1CCc2nc(NC(=O)c3cc(Cl)sc3Cl)sc2C1. The van der Waals surface area contributed by atoms with Crippen LogP contribution in [0.25, 0.3) is 0 Å². The number of ether oxygens (including phenoxy) is 1. The van der Waals surface area contributed by atoms with Crippen LogP contribution in [0.5, 0.6) is 0 Å². The zero-order valence-electron chi connectivity index (χ0n) is 11.9. The molecule has 0 aliphatic carbocycles. The van der Waals surface area contributed by atoms with Crippen LogP contribution in [0.2, 0.25) is 8.67 Å². The molecule has 6 nitrogen and oxygen atoms in total. The molecule has 0 saturated heterocycles. The maximum atomic E-state index is 12.2. The third-order valence-corrected chi connectivity index (χ3v) is 5.77. The highest BCUT2D eigenvalue weighted by Crippen LogP contribution is 2.33. The fourth-order valence-electron chi connectivity index (χ4n) is 2.19. The van der Waals surface area contributed by atoms with E-state index in [0.29, 0.717) is 38.9 Å². The van der Waals surface area contributed by atoms with Crippen molar-refractivity contribution in [1.29, 1.82) is 0 Å². The van der Waals surface area contributed by atoms with Gasteiger partial charge in [0.05, 0.1) is 29.2 Å². The van der Waals surface area contributed by atoms with E-state index in [4.69, 9.17) is 27.9 Å². The molecule has 0 radical (unpaired) electrons. The molecule has 3 rings (SSSR count). The van der Waals surface area contributed by atoms with Crippen LogP contribution in [0.15, 0.2) is 6.07 Å².